The predicted molar refractivity (Wildman–Crippen MR) is 49.2 cm³/mol. The number of aliphatic hydroxyl groups excluding tert-OH is 1. The lowest BCUT2D eigenvalue weighted by Crippen LogP contribution is -2.21. The maximum absolute atomic E-state index is 10.6. The topological polar surface area (TPSA) is 110 Å². The molecule has 0 aliphatic rings. The van der Waals surface area contributed by atoms with Crippen LogP contribution in [0.4, 0.5) is 13.2 Å². The quantitative estimate of drug-likeness (QED) is 0.507. The standard InChI is InChI=1S/C3H8O.C2HF3O2.C2H8N2/c1-3(2)4;3-2(4,5)1(6)7;3-1-2-4/h3-4H,1-2H3;(H,6,7);1-4H2. The number of rotatable bonds is 1. The number of carboxylic acid groups (broad SMARTS) is 1. The normalized spacial score (nSPS) is 9.67. The van der Waals surface area contributed by atoms with Gasteiger partial charge in [0.2, 0.25) is 0 Å². The first-order valence-corrected chi connectivity index (χ1v) is 3.97. The fourth-order valence-electron chi connectivity index (χ4n) is 0. The highest BCUT2D eigenvalue weighted by molar-refractivity contribution is 5.73. The summed E-state index contributed by atoms with van der Waals surface area (Å²) >= 11 is 0. The molecule has 0 unspecified atom stereocenters. The van der Waals surface area contributed by atoms with E-state index in [4.69, 9.17) is 26.5 Å². The first-order valence-electron chi connectivity index (χ1n) is 3.97. The highest BCUT2D eigenvalue weighted by atomic mass is 19.4. The van der Waals surface area contributed by atoms with Gasteiger partial charge in [-0.3, -0.25) is 0 Å². The van der Waals surface area contributed by atoms with Crippen LogP contribution in [-0.4, -0.2) is 41.6 Å². The third-order valence-corrected chi connectivity index (χ3v) is 0.409. The fraction of sp³-hybridized carbons (Fsp3) is 0.857. The Bertz CT molecular complexity index is 146. The van der Waals surface area contributed by atoms with E-state index < -0.39 is 12.1 Å². The SMILES string of the molecule is CC(C)O.NCCN.O=C(O)C(F)(F)F. The zero-order valence-corrected chi connectivity index (χ0v) is 8.58. The van der Waals surface area contributed by atoms with Crippen molar-refractivity contribution in [3.63, 3.8) is 0 Å². The maximum atomic E-state index is 10.6. The molecular weight excluding hydrogens is 217 g/mol. The van der Waals surface area contributed by atoms with Crippen LogP contribution in [0.1, 0.15) is 13.8 Å². The summed E-state index contributed by atoms with van der Waals surface area (Å²) < 4.78 is 31.7. The molecule has 0 rings (SSSR count). The molecule has 0 aromatic rings. The molecule has 0 aromatic carbocycles. The van der Waals surface area contributed by atoms with Crippen LogP contribution < -0.4 is 11.5 Å². The molecule has 0 aliphatic carbocycles. The van der Waals surface area contributed by atoms with E-state index in [1.165, 1.54) is 0 Å². The number of halogens is 3. The Labute approximate surface area is 85.9 Å². The van der Waals surface area contributed by atoms with Gasteiger partial charge < -0.3 is 21.7 Å². The number of alkyl halides is 3. The number of aliphatic carboxylic acids is 1. The second kappa shape index (κ2) is 11.2. The van der Waals surface area contributed by atoms with Crippen molar-refractivity contribution in [2.24, 2.45) is 11.5 Å². The van der Waals surface area contributed by atoms with Crippen molar-refractivity contribution < 1.29 is 28.2 Å². The van der Waals surface area contributed by atoms with Gasteiger partial charge in [0.1, 0.15) is 0 Å². The molecule has 6 N–H and O–H groups in total. The van der Waals surface area contributed by atoms with Crippen molar-refractivity contribution in [2.75, 3.05) is 13.1 Å². The van der Waals surface area contributed by atoms with Gasteiger partial charge in [-0.15, -0.1) is 0 Å². The highest BCUT2D eigenvalue weighted by Gasteiger charge is 2.38. The molecule has 0 radical (unpaired) electrons. The van der Waals surface area contributed by atoms with E-state index in [1.807, 2.05) is 0 Å². The van der Waals surface area contributed by atoms with Gasteiger partial charge in [0.05, 0.1) is 0 Å². The molecule has 0 amide bonds. The van der Waals surface area contributed by atoms with Gasteiger partial charge in [0.25, 0.3) is 0 Å². The number of nitrogens with two attached hydrogens (primary N) is 2. The Morgan fingerprint density at radius 1 is 1.27 bits per heavy atom. The zero-order chi connectivity index (χ0) is 13.1. The molecule has 0 spiro atoms. The fourth-order valence-corrected chi connectivity index (χ4v) is 0. The molecule has 0 heterocycles. The number of hydrogen-bond acceptors (Lipinski definition) is 4. The molecule has 0 saturated carbocycles. The molecule has 0 saturated heterocycles. The van der Waals surface area contributed by atoms with E-state index in [0.717, 1.165) is 0 Å². The van der Waals surface area contributed by atoms with Crippen molar-refractivity contribution in [1.82, 2.24) is 0 Å². The predicted octanol–water partition coefficient (Wildman–Crippen LogP) is -0.0758. The van der Waals surface area contributed by atoms with Crippen LogP contribution in [0.25, 0.3) is 0 Å². The second-order valence-electron chi connectivity index (χ2n) is 2.47. The molecular formula is C7H17F3N2O3. The van der Waals surface area contributed by atoms with Gasteiger partial charge in [0.15, 0.2) is 0 Å². The highest BCUT2D eigenvalue weighted by Crippen LogP contribution is 2.13. The van der Waals surface area contributed by atoms with Crippen LogP contribution in [-0.2, 0) is 4.79 Å². The molecule has 94 valence electrons. The molecule has 0 atom stereocenters. The summed E-state index contributed by atoms with van der Waals surface area (Å²) in [5.41, 5.74) is 9.81. The molecule has 8 heteroatoms. The number of carboxylic acids is 1. The maximum Gasteiger partial charge on any atom is 0.490 e. The number of aliphatic hydroxyl groups is 1. The molecule has 0 fully saturated rings. The largest absolute Gasteiger partial charge is 0.490 e. The first-order chi connectivity index (χ1) is 6.59. The zero-order valence-electron chi connectivity index (χ0n) is 8.58. The average Bonchev–Trinajstić information content (AvgIpc) is 2.02. The van der Waals surface area contributed by atoms with Crippen LogP contribution in [0.2, 0.25) is 0 Å². The van der Waals surface area contributed by atoms with E-state index in [9.17, 15) is 13.2 Å². The van der Waals surface area contributed by atoms with E-state index in [2.05, 4.69) is 0 Å². The molecule has 0 bridgehead atoms. The van der Waals surface area contributed by atoms with E-state index in [0.29, 0.717) is 13.1 Å². The first kappa shape index (κ1) is 19.7. The van der Waals surface area contributed by atoms with Gasteiger partial charge in [-0.25, -0.2) is 4.79 Å². The van der Waals surface area contributed by atoms with E-state index >= 15 is 0 Å². The number of hydrogen-bond donors (Lipinski definition) is 4. The minimum absolute atomic E-state index is 0.167. The van der Waals surface area contributed by atoms with Gasteiger partial charge in [0, 0.05) is 19.2 Å². The average molecular weight is 234 g/mol. The Kier molecular flexibility index (Phi) is 14.7. The summed E-state index contributed by atoms with van der Waals surface area (Å²) in [6, 6.07) is 0. The Hall–Kier alpha value is -0.860. The summed E-state index contributed by atoms with van der Waals surface area (Å²) in [6.07, 6.45) is -5.25. The van der Waals surface area contributed by atoms with Crippen LogP contribution in [0.5, 0.6) is 0 Å². The van der Waals surface area contributed by atoms with Crippen molar-refractivity contribution in [2.45, 2.75) is 26.1 Å². The lowest BCUT2D eigenvalue weighted by Gasteiger charge is -1.93. The van der Waals surface area contributed by atoms with Gasteiger partial charge in [-0.1, -0.05) is 0 Å². The summed E-state index contributed by atoms with van der Waals surface area (Å²) in [7, 11) is 0. The van der Waals surface area contributed by atoms with Crippen molar-refractivity contribution in [3.05, 3.63) is 0 Å². The van der Waals surface area contributed by atoms with Gasteiger partial charge in [-0.05, 0) is 13.8 Å². The minimum atomic E-state index is -5.08. The Morgan fingerprint density at radius 3 is 1.40 bits per heavy atom. The lowest BCUT2D eigenvalue weighted by atomic mass is 10.5. The molecule has 0 aromatic heterocycles. The van der Waals surface area contributed by atoms with E-state index in [-0.39, 0.29) is 6.10 Å². The summed E-state index contributed by atoms with van der Waals surface area (Å²) in [5.74, 6) is -2.76. The Balaban J connectivity index is -0.000000155. The van der Waals surface area contributed by atoms with Crippen molar-refractivity contribution in [3.8, 4) is 0 Å². The molecule has 0 aliphatic heterocycles. The monoisotopic (exact) mass is 234 g/mol. The summed E-state index contributed by atoms with van der Waals surface area (Å²) in [4.78, 5) is 8.90. The molecule has 15 heavy (non-hydrogen) atoms. The molecule has 5 nitrogen and oxygen atoms in total. The van der Waals surface area contributed by atoms with Crippen LogP contribution in [0.15, 0.2) is 0 Å². The van der Waals surface area contributed by atoms with Crippen LogP contribution in [0.3, 0.4) is 0 Å². The van der Waals surface area contributed by atoms with Crippen molar-refractivity contribution in [1.29, 1.82) is 0 Å². The third kappa shape index (κ3) is 43.3. The lowest BCUT2D eigenvalue weighted by molar-refractivity contribution is -0.192. The Morgan fingerprint density at radius 2 is 1.40 bits per heavy atom. The van der Waals surface area contributed by atoms with E-state index in [1.54, 1.807) is 13.8 Å². The number of carbonyl (C=O) groups is 1. The van der Waals surface area contributed by atoms with Crippen LogP contribution in [0, 0.1) is 0 Å². The summed E-state index contributed by atoms with van der Waals surface area (Å²) in [6.45, 7) is 4.64. The van der Waals surface area contributed by atoms with Crippen LogP contribution >= 0.6 is 0 Å². The summed E-state index contributed by atoms with van der Waals surface area (Å²) in [5, 5.41) is 15.2. The van der Waals surface area contributed by atoms with Crippen molar-refractivity contribution >= 4 is 5.97 Å². The minimum Gasteiger partial charge on any atom is -0.475 e. The third-order valence-electron chi connectivity index (χ3n) is 0.409. The van der Waals surface area contributed by atoms with Gasteiger partial charge in [-0.2, -0.15) is 13.2 Å². The second-order valence-corrected chi connectivity index (χ2v) is 2.47. The van der Waals surface area contributed by atoms with Gasteiger partial charge >= 0.3 is 12.1 Å². The smallest absolute Gasteiger partial charge is 0.475 e.